The second-order valence-corrected chi connectivity index (χ2v) is 5.17. The monoisotopic (exact) mass is 267 g/mol. The van der Waals surface area contributed by atoms with E-state index in [1.807, 2.05) is 13.8 Å². The summed E-state index contributed by atoms with van der Waals surface area (Å²) >= 11 is 0. The van der Waals surface area contributed by atoms with Crippen molar-refractivity contribution >= 4 is 0 Å². The fourth-order valence-corrected chi connectivity index (χ4v) is 2.21. The Morgan fingerprint density at radius 1 is 1.26 bits per heavy atom. The molecule has 1 rings (SSSR count). The first-order valence-electron chi connectivity index (χ1n) is 7.24. The van der Waals surface area contributed by atoms with Gasteiger partial charge in [0.25, 0.3) is 0 Å². The van der Waals surface area contributed by atoms with Gasteiger partial charge >= 0.3 is 0 Å². The van der Waals surface area contributed by atoms with E-state index < -0.39 is 0 Å². The Labute approximate surface area is 116 Å². The van der Waals surface area contributed by atoms with Gasteiger partial charge in [-0.1, -0.05) is 27.2 Å². The van der Waals surface area contributed by atoms with Crippen LogP contribution in [0.3, 0.4) is 0 Å². The third kappa shape index (κ3) is 5.19. The van der Waals surface area contributed by atoms with Gasteiger partial charge in [0.1, 0.15) is 11.6 Å². The standard InChI is InChI=1S/C16H26FNO/c1-5-7-12(3)11-19-16-9-8-14(17)10-15(16)13(4)18-6-2/h8-10,12-13,18H,5-7,11H2,1-4H3. The highest BCUT2D eigenvalue weighted by Crippen LogP contribution is 2.26. The number of nitrogens with one attached hydrogen (secondary N) is 1. The van der Waals surface area contributed by atoms with E-state index in [2.05, 4.69) is 19.2 Å². The van der Waals surface area contributed by atoms with Gasteiger partial charge in [0.15, 0.2) is 0 Å². The Bertz CT molecular complexity index is 381. The molecular weight excluding hydrogens is 241 g/mol. The molecule has 0 saturated carbocycles. The summed E-state index contributed by atoms with van der Waals surface area (Å²) in [5, 5.41) is 3.30. The van der Waals surface area contributed by atoms with Crippen molar-refractivity contribution in [2.45, 2.75) is 46.6 Å². The van der Waals surface area contributed by atoms with E-state index in [0.29, 0.717) is 12.5 Å². The Balaban J connectivity index is 2.76. The van der Waals surface area contributed by atoms with Crippen LogP contribution in [0.15, 0.2) is 18.2 Å². The number of hydrogen-bond donors (Lipinski definition) is 1. The average molecular weight is 267 g/mol. The quantitative estimate of drug-likeness (QED) is 0.757. The summed E-state index contributed by atoms with van der Waals surface area (Å²) in [6, 6.07) is 4.85. The molecule has 0 bridgehead atoms. The Morgan fingerprint density at radius 3 is 2.63 bits per heavy atom. The molecule has 0 spiro atoms. The lowest BCUT2D eigenvalue weighted by molar-refractivity contribution is 0.247. The van der Waals surface area contributed by atoms with Crippen LogP contribution in [0.25, 0.3) is 0 Å². The molecule has 1 aromatic rings. The summed E-state index contributed by atoms with van der Waals surface area (Å²) in [5.41, 5.74) is 0.894. The smallest absolute Gasteiger partial charge is 0.124 e. The van der Waals surface area contributed by atoms with Crippen LogP contribution in [0, 0.1) is 11.7 Å². The van der Waals surface area contributed by atoms with Gasteiger partial charge in [-0.2, -0.15) is 0 Å². The summed E-state index contributed by atoms with van der Waals surface area (Å²) in [4.78, 5) is 0. The van der Waals surface area contributed by atoms with Gasteiger partial charge in [0.05, 0.1) is 6.61 Å². The van der Waals surface area contributed by atoms with Gasteiger partial charge in [-0.3, -0.25) is 0 Å². The van der Waals surface area contributed by atoms with Gasteiger partial charge < -0.3 is 10.1 Å². The molecule has 0 amide bonds. The minimum atomic E-state index is -0.214. The lowest BCUT2D eigenvalue weighted by Gasteiger charge is -2.19. The van der Waals surface area contributed by atoms with E-state index in [1.54, 1.807) is 12.1 Å². The lowest BCUT2D eigenvalue weighted by atomic mass is 10.1. The first-order valence-corrected chi connectivity index (χ1v) is 7.24. The maximum atomic E-state index is 13.4. The highest BCUT2D eigenvalue weighted by atomic mass is 19.1. The minimum absolute atomic E-state index is 0.0946. The molecule has 0 saturated heterocycles. The highest BCUT2D eigenvalue weighted by Gasteiger charge is 2.13. The summed E-state index contributed by atoms with van der Waals surface area (Å²) < 4.78 is 19.3. The van der Waals surface area contributed by atoms with E-state index in [4.69, 9.17) is 4.74 Å². The summed E-state index contributed by atoms with van der Waals surface area (Å²) in [5.74, 6) is 1.10. The van der Waals surface area contributed by atoms with Crippen molar-refractivity contribution in [1.82, 2.24) is 5.32 Å². The molecule has 108 valence electrons. The molecule has 0 aromatic heterocycles. The van der Waals surface area contributed by atoms with Gasteiger partial charge in [-0.15, -0.1) is 0 Å². The van der Waals surface area contributed by atoms with Crippen LogP contribution in [-0.2, 0) is 0 Å². The second-order valence-electron chi connectivity index (χ2n) is 5.17. The molecule has 1 aromatic carbocycles. The van der Waals surface area contributed by atoms with E-state index in [9.17, 15) is 4.39 Å². The maximum absolute atomic E-state index is 13.4. The zero-order valence-corrected chi connectivity index (χ0v) is 12.5. The molecule has 3 heteroatoms. The fraction of sp³-hybridized carbons (Fsp3) is 0.625. The number of rotatable bonds is 8. The van der Waals surface area contributed by atoms with E-state index in [-0.39, 0.29) is 11.9 Å². The number of benzene rings is 1. The van der Waals surface area contributed by atoms with Crippen molar-refractivity contribution in [3.05, 3.63) is 29.6 Å². The molecule has 0 aliphatic rings. The third-order valence-corrected chi connectivity index (χ3v) is 3.25. The summed E-state index contributed by atoms with van der Waals surface area (Å²) in [6.07, 6.45) is 2.31. The van der Waals surface area contributed by atoms with Crippen molar-refractivity contribution in [3.8, 4) is 5.75 Å². The van der Waals surface area contributed by atoms with Gasteiger partial charge in [0, 0.05) is 11.6 Å². The van der Waals surface area contributed by atoms with E-state index in [0.717, 1.165) is 30.7 Å². The third-order valence-electron chi connectivity index (χ3n) is 3.25. The fourth-order valence-electron chi connectivity index (χ4n) is 2.21. The molecule has 19 heavy (non-hydrogen) atoms. The van der Waals surface area contributed by atoms with Crippen molar-refractivity contribution < 1.29 is 9.13 Å². The Morgan fingerprint density at radius 2 is 2.00 bits per heavy atom. The Kier molecular flexibility index (Phi) is 6.85. The van der Waals surface area contributed by atoms with E-state index in [1.165, 1.54) is 6.07 Å². The van der Waals surface area contributed by atoms with Crippen LogP contribution < -0.4 is 10.1 Å². The predicted molar refractivity (Wildman–Crippen MR) is 78.1 cm³/mol. The second kappa shape index (κ2) is 8.16. The first-order chi connectivity index (χ1) is 9.08. The maximum Gasteiger partial charge on any atom is 0.124 e. The van der Waals surface area contributed by atoms with Crippen LogP contribution in [0.2, 0.25) is 0 Å². The van der Waals surface area contributed by atoms with Crippen LogP contribution >= 0.6 is 0 Å². The Hall–Kier alpha value is -1.09. The topological polar surface area (TPSA) is 21.3 Å². The normalized spacial score (nSPS) is 14.2. The molecule has 0 aliphatic heterocycles. The van der Waals surface area contributed by atoms with Crippen molar-refractivity contribution in [3.63, 3.8) is 0 Å². The van der Waals surface area contributed by atoms with Gasteiger partial charge in [-0.25, -0.2) is 4.39 Å². The minimum Gasteiger partial charge on any atom is -0.493 e. The zero-order chi connectivity index (χ0) is 14.3. The van der Waals surface area contributed by atoms with Crippen LogP contribution in [0.4, 0.5) is 4.39 Å². The SMILES string of the molecule is CCCC(C)COc1ccc(F)cc1C(C)NCC. The van der Waals surface area contributed by atoms with Crippen LogP contribution in [0.5, 0.6) is 5.75 Å². The molecule has 0 radical (unpaired) electrons. The largest absolute Gasteiger partial charge is 0.493 e. The average Bonchev–Trinajstić information content (AvgIpc) is 2.38. The molecule has 2 atom stereocenters. The van der Waals surface area contributed by atoms with Gasteiger partial charge in [0.2, 0.25) is 0 Å². The van der Waals surface area contributed by atoms with Crippen LogP contribution in [0.1, 0.15) is 52.1 Å². The number of halogens is 1. The van der Waals surface area contributed by atoms with Crippen molar-refractivity contribution in [1.29, 1.82) is 0 Å². The van der Waals surface area contributed by atoms with Crippen LogP contribution in [-0.4, -0.2) is 13.2 Å². The van der Waals surface area contributed by atoms with Crippen molar-refractivity contribution in [2.75, 3.05) is 13.2 Å². The number of ether oxygens (including phenoxy) is 1. The zero-order valence-electron chi connectivity index (χ0n) is 12.5. The molecule has 2 unspecified atom stereocenters. The molecular formula is C16H26FNO. The number of hydrogen-bond acceptors (Lipinski definition) is 2. The lowest BCUT2D eigenvalue weighted by Crippen LogP contribution is -2.19. The first kappa shape index (κ1) is 16.0. The van der Waals surface area contributed by atoms with E-state index >= 15 is 0 Å². The van der Waals surface area contributed by atoms with Gasteiger partial charge in [-0.05, 0) is 44.0 Å². The summed E-state index contributed by atoms with van der Waals surface area (Å²) in [6.45, 7) is 9.96. The molecule has 0 fully saturated rings. The molecule has 1 N–H and O–H groups in total. The predicted octanol–water partition coefficient (Wildman–Crippen LogP) is 4.31. The molecule has 2 nitrogen and oxygen atoms in total. The molecule has 0 heterocycles. The van der Waals surface area contributed by atoms with Crippen molar-refractivity contribution in [2.24, 2.45) is 5.92 Å². The molecule has 0 aliphatic carbocycles. The highest BCUT2D eigenvalue weighted by molar-refractivity contribution is 5.36. The summed E-state index contributed by atoms with van der Waals surface area (Å²) in [7, 11) is 0.